The lowest BCUT2D eigenvalue weighted by Gasteiger charge is -2.28. The second-order valence-corrected chi connectivity index (χ2v) is 7.30. The summed E-state index contributed by atoms with van der Waals surface area (Å²) in [4.78, 5) is 22.7. The number of rotatable bonds is 7. The number of nitrogens with one attached hydrogen (secondary N) is 1. The molecule has 1 aliphatic heterocycles. The summed E-state index contributed by atoms with van der Waals surface area (Å²) in [6.07, 6.45) is 0.750. The number of hydrogen-bond acceptors (Lipinski definition) is 5. The van der Waals surface area contributed by atoms with E-state index >= 15 is 0 Å². The fraction of sp³-hybridized carbons (Fsp3) is 0.333. The van der Waals surface area contributed by atoms with Crippen LogP contribution in [0.25, 0.3) is 11.4 Å². The van der Waals surface area contributed by atoms with Crippen molar-refractivity contribution in [2.24, 2.45) is 0 Å². The monoisotopic (exact) mass is 405 g/mol. The van der Waals surface area contributed by atoms with Gasteiger partial charge >= 0.3 is 0 Å². The Balaban J connectivity index is 1.54. The van der Waals surface area contributed by atoms with E-state index in [1.807, 2.05) is 62.4 Å². The van der Waals surface area contributed by atoms with Crippen LogP contribution >= 0.6 is 0 Å². The van der Waals surface area contributed by atoms with E-state index in [4.69, 9.17) is 14.5 Å². The van der Waals surface area contributed by atoms with E-state index in [9.17, 15) is 4.79 Å². The maximum Gasteiger partial charge on any atom is 0.255 e. The van der Waals surface area contributed by atoms with Crippen molar-refractivity contribution in [2.75, 3.05) is 19.8 Å². The van der Waals surface area contributed by atoms with Gasteiger partial charge in [-0.05, 0) is 19.9 Å². The van der Waals surface area contributed by atoms with Gasteiger partial charge in [0, 0.05) is 43.2 Å². The molecule has 2 aromatic carbocycles. The van der Waals surface area contributed by atoms with Crippen LogP contribution in [0.4, 0.5) is 0 Å². The molecule has 1 N–H and O–H groups in total. The molecule has 0 spiro atoms. The summed E-state index contributed by atoms with van der Waals surface area (Å²) in [6, 6.07) is 15.7. The minimum Gasteiger partial charge on any atom is -0.494 e. The lowest BCUT2D eigenvalue weighted by molar-refractivity contribution is 0.235. The van der Waals surface area contributed by atoms with Crippen LogP contribution in [0, 0.1) is 0 Å². The molecule has 0 atom stereocenters. The molecule has 0 radical (unpaired) electrons. The Morgan fingerprint density at radius 1 is 1.07 bits per heavy atom. The highest BCUT2D eigenvalue weighted by Crippen LogP contribution is 2.28. The first-order chi connectivity index (χ1) is 14.7. The Bertz CT molecular complexity index is 1060. The first-order valence-electron chi connectivity index (χ1n) is 10.5. The smallest absolute Gasteiger partial charge is 0.255 e. The maximum absolute atomic E-state index is 12.8. The third-order valence-corrected chi connectivity index (χ3v) is 5.24. The normalized spacial score (nSPS) is 13.7. The van der Waals surface area contributed by atoms with Crippen molar-refractivity contribution in [3.63, 3.8) is 0 Å². The number of hydrogen-bond donors (Lipinski definition) is 1. The van der Waals surface area contributed by atoms with Gasteiger partial charge in [-0.1, -0.05) is 36.4 Å². The van der Waals surface area contributed by atoms with Gasteiger partial charge in [0.15, 0.2) is 0 Å². The molecule has 30 heavy (non-hydrogen) atoms. The quantitative estimate of drug-likeness (QED) is 0.648. The molecule has 156 valence electrons. The fourth-order valence-corrected chi connectivity index (χ4v) is 3.80. The van der Waals surface area contributed by atoms with E-state index < -0.39 is 0 Å². The van der Waals surface area contributed by atoms with Crippen LogP contribution in [0.1, 0.15) is 30.7 Å². The first kappa shape index (κ1) is 20.2. The SMILES string of the molecule is CCOc1ccc(CN2CCc3nc(-c4ccccc4)[nH]c(=O)c3C2)c(OCC)c1. The molecule has 3 aromatic rings. The van der Waals surface area contributed by atoms with Gasteiger partial charge < -0.3 is 14.5 Å². The highest BCUT2D eigenvalue weighted by atomic mass is 16.5. The topological polar surface area (TPSA) is 67.5 Å². The van der Waals surface area contributed by atoms with Crippen molar-refractivity contribution in [2.45, 2.75) is 33.4 Å². The summed E-state index contributed by atoms with van der Waals surface area (Å²) in [5.41, 5.74) is 3.61. The van der Waals surface area contributed by atoms with Gasteiger partial charge in [-0.2, -0.15) is 0 Å². The standard InChI is InChI=1S/C24H27N3O3/c1-3-29-19-11-10-18(22(14-19)30-4-2)15-27-13-12-21-20(16-27)24(28)26-23(25-21)17-8-6-5-7-9-17/h5-11,14H,3-4,12-13,15-16H2,1-2H3,(H,25,26,28). The number of nitrogens with zero attached hydrogens (tertiary/aromatic N) is 2. The molecule has 1 aliphatic rings. The van der Waals surface area contributed by atoms with Crippen LogP contribution in [0.2, 0.25) is 0 Å². The summed E-state index contributed by atoms with van der Waals surface area (Å²) in [5.74, 6) is 2.28. The van der Waals surface area contributed by atoms with Gasteiger partial charge in [-0.25, -0.2) is 4.98 Å². The second kappa shape index (κ2) is 9.13. The predicted octanol–water partition coefficient (Wildman–Crippen LogP) is 3.79. The maximum atomic E-state index is 12.8. The van der Waals surface area contributed by atoms with Crippen LogP contribution in [-0.2, 0) is 19.5 Å². The Labute approximate surface area is 176 Å². The van der Waals surface area contributed by atoms with E-state index in [1.54, 1.807) is 0 Å². The summed E-state index contributed by atoms with van der Waals surface area (Å²) in [7, 11) is 0. The molecule has 6 nitrogen and oxygen atoms in total. The Hall–Kier alpha value is -3.12. The molecule has 1 aromatic heterocycles. The van der Waals surface area contributed by atoms with Crippen LogP contribution in [-0.4, -0.2) is 34.6 Å². The summed E-state index contributed by atoms with van der Waals surface area (Å²) in [5, 5.41) is 0. The first-order valence-corrected chi connectivity index (χ1v) is 10.5. The van der Waals surface area contributed by atoms with Crippen molar-refractivity contribution in [1.29, 1.82) is 0 Å². The zero-order valence-corrected chi connectivity index (χ0v) is 17.5. The van der Waals surface area contributed by atoms with Crippen LogP contribution in [0.3, 0.4) is 0 Å². The largest absolute Gasteiger partial charge is 0.494 e. The van der Waals surface area contributed by atoms with Crippen molar-refractivity contribution < 1.29 is 9.47 Å². The average molecular weight is 405 g/mol. The Morgan fingerprint density at radius 2 is 1.87 bits per heavy atom. The number of aromatic amines is 1. The fourth-order valence-electron chi connectivity index (χ4n) is 3.80. The molecule has 0 aliphatic carbocycles. The summed E-state index contributed by atoms with van der Waals surface area (Å²) < 4.78 is 11.4. The van der Waals surface area contributed by atoms with Crippen molar-refractivity contribution in [3.8, 4) is 22.9 Å². The van der Waals surface area contributed by atoms with Gasteiger partial charge in [0.25, 0.3) is 5.56 Å². The van der Waals surface area contributed by atoms with E-state index in [1.165, 1.54) is 0 Å². The molecular weight excluding hydrogens is 378 g/mol. The van der Waals surface area contributed by atoms with E-state index in [0.29, 0.717) is 32.1 Å². The van der Waals surface area contributed by atoms with Crippen molar-refractivity contribution in [3.05, 3.63) is 75.7 Å². The average Bonchev–Trinajstić information content (AvgIpc) is 2.77. The third kappa shape index (κ3) is 4.39. The van der Waals surface area contributed by atoms with Crippen LogP contribution in [0.15, 0.2) is 53.3 Å². The van der Waals surface area contributed by atoms with E-state index in [2.05, 4.69) is 9.88 Å². The highest BCUT2D eigenvalue weighted by Gasteiger charge is 2.22. The minimum absolute atomic E-state index is 0.0553. The number of H-pyrrole nitrogens is 1. The number of aromatic nitrogens is 2. The van der Waals surface area contributed by atoms with Crippen LogP contribution in [0.5, 0.6) is 11.5 Å². The molecule has 0 saturated carbocycles. The zero-order chi connectivity index (χ0) is 20.9. The molecule has 0 amide bonds. The second-order valence-electron chi connectivity index (χ2n) is 7.30. The summed E-state index contributed by atoms with van der Waals surface area (Å²) in [6.45, 7) is 7.28. The number of ether oxygens (including phenoxy) is 2. The Morgan fingerprint density at radius 3 is 2.63 bits per heavy atom. The van der Waals surface area contributed by atoms with E-state index in [0.717, 1.165) is 46.8 Å². The molecule has 2 heterocycles. The molecular formula is C24H27N3O3. The van der Waals surface area contributed by atoms with Crippen molar-refractivity contribution in [1.82, 2.24) is 14.9 Å². The van der Waals surface area contributed by atoms with Crippen LogP contribution < -0.4 is 15.0 Å². The molecule has 6 heteroatoms. The van der Waals surface area contributed by atoms with Gasteiger partial charge in [0.1, 0.15) is 17.3 Å². The minimum atomic E-state index is -0.0553. The molecule has 4 rings (SSSR count). The van der Waals surface area contributed by atoms with Gasteiger partial charge in [-0.15, -0.1) is 0 Å². The lowest BCUT2D eigenvalue weighted by atomic mass is 10.0. The van der Waals surface area contributed by atoms with Gasteiger partial charge in [0.05, 0.1) is 24.5 Å². The molecule has 0 bridgehead atoms. The molecule has 0 saturated heterocycles. The zero-order valence-electron chi connectivity index (χ0n) is 17.5. The Kier molecular flexibility index (Phi) is 6.14. The predicted molar refractivity (Wildman–Crippen MR) is 117 cm³/mol. The van der Waals surface area contributed by atoms with E-state index in [-0.39, 0.29) is 5.56 Å². The van der Waals surface area contributed by atoms with Gasteiger partial charge in [-0.3, -0.25) is 9.69 Å². The lowest BCUT2D eigenvalue weighted by Crippen LogP contribution is -2.35. The number of benzene rings is 2. The molecule has 0 fully saturated rings. The summed E-state index contributed by atoms with van der Waals surface area (Å²) >= 11 is 0. The number of fused-ring (bicyclic) bond motifs is 1. The van der Waals surface area contributed by atoms with Crippen molar-refractivity contribution >= 4 is 0 Å². The highest BCUT2D eigenvalue weighted by molar-refractivity contribution is 5.54. The third-order valence-electron chi connectivity index (χ3n) is 5.24. The molecule has 0 unspecified atom stereocenters. The van der Waals surface area contributed by atoms with Gasteiger partial charge in [0.2, 0.25) is 0 Å².